The van der Waals surface area contributed by atoms with E-state index in [1.807, 2.05) is 27.2 Å². The lowest BCUT2D eigenvalue weighted by Gasteiger charge is -2.24. The zero-order valence-electron chi connectivity index (χ0n) is 15.9. The van der Waals surface area contributed by atoms with Gasteiger partial charge in [0.1, 0.15) is 5.76 Å². The minimum absolute atomic E-state index is 0.0912. The molecule has 1 aliphatic heterocycles. The third kappa shape index (κ3) is 4.88. The fourth-order valence-corrected chi connectivity index (χ4v) is 3.15. The molecule has 2 N–H and O–H groups in total. The fourth-order valence-electron chi connectivity index (χ4n) is 3.15. The molecule has 1 atom stereocenters. The van der Waals surface area contributed by atoms with Gasteiger partial charge in [0, 0.05) is 45.8 Å². The van der Waals surface area contributed by atoms with Gasteiger partial charge >= 0.3 is 6.03 Å². The van der Waals surface area contributed by atoms with E-state index in [0.29, 0.717) is 37.8 Å². The molecule has 3 rings (SSSR count). The summed E-state index contributed by atoms with van der Waals surface area (Å²) in [6.45, 7) is 2.28. The Labute approximate surface area is 158 Å². The van der Waals surface area contributed by atoms with Crippen molar-refractivity contribution in [2.75, 3.05) is 39.1 Å². The highest BCUT2D eigenvalue weighted by Gasteiger charge is 2.29. The summed E-state index contributed by atoms with van der Waals surface area (Å²) in [7, 11) is 5.66. The van der Waals surface area contributed by atoms with E-state index in [-0.39, 0.29) is 17.6 Å². The van der Waals surface area contributed by atoms with Crippen molar-refractivity contribution in [3.63, 3.8) is 0 Å². The van der Waals surface area contributed by atoms with Crippen molar-refractivity contribution in [1.29, 1.82) is 0 Å². The molecule has 1 saturated heterocycles. The maximum atomic E-state index is 12.3. The number of carbonyl (C=O) groups is 1. The van der Waals surface area contributed by atoms with Crippen LogP contribution < -0.4 is 15.8 Å². The van der Waals surface area contributed by atoms with Crippen LogP contribution >= 0.6 is 0 Å². The number of hydrogen-bond donors (Lipinski definition) is 2. The van der Waals surface area contributed by atoms with Gasteiger partial charge in [-0.15, -0.1) is 0 Å². The maximum Gasteiger partial charge on any atom is 0.317 e. The number of amides is 2. The van der Waals surface area contributed by atoms with E-state index in [1.54, 1.807) is 22.1 Å². The molecule has 27 heavy (non-hydrogen) atoms. The van der Waals surface area contributed by atoms with Gasteiger partial charge in [0.05, 0.1) is 18.5 Å². The molecule has 9 heteroatoms. The van der Waals surface area contributed by atoms with Crippen LogP contribution in [-0.2, 0) is 13.1 Å². The summed E-state index contributed by atoms with van der Waals surface area (Å²) >= 11 is 0. The Morgan fingerprint density at radius 3 is 2.96 bits per heavy atom. The van der Waals surface area contributed by atoms with Crippen molar-refractivity contribution in [1.82, 2.24) is 25.1 Å². The summed E-state index contributed by atoms with van der Waals surface area (Å²) in [5.74, 6) is 1.27. The lowest BCUT2D eigenvalue weighted by molar-refractivity contribution is 0.195. The number of aromatic nitrogens is 2. The normalized spacial score (nSPS) is 16.7. The molecule has 1 aliphatic rings. The second kappa shape index (κ2) is 8.26. The summed E-state index contributed by atoms with van der Waals surface area (Å²) in [5, 5.41) is 2.87. The number of nitrogens with zero attached hydrogens (tertiary/aromatic N) is 4. The third-order valence-electron chi connectivity index (χ3n) is 4.69. The molecular weight excluding hydrogens is 348 g/mol. The summed E-state index contributed by atoms with van der Waals surface area (Å²) in [5.41, 5.74) is 0.549. The Kier molecular flexibility index (Phi) is 5.80. The zero-order valence-corrected chi connectivity index (χ0v) is 15.9. The molecule has 9 nitrogen and oxygen atoms in total. The van der Waals surface area contributed by atoms with Crippen molar-refractivity contribution < 1.29 is 9.21 Å². The van der Waals surface area contributed by atoms with E-state index >= 15 is 0 Å². The second-order valence-corrected chi connectivity index (χ2v) is 7.00. The first kappa shape index (κ1) is 19.0. The van der Waals surface area contributed by atoms with Gasteiger partial charge in [-0.2, -0.15) is 0 Å². The molecule has 0 radical (unpaired) electrons. The SMILES string of the molecule is CN(C)c1nc(CN(C)C2CCN(C(=O)NCc3ccco3)C2)cc(=O)[nH]1. The van der Waals surface area contributed by atoms with E-state index in [1.165, 1.54) is 6.07 Å². The molecule has 2 amide bonds. The highest BCUT2D eigenvalue weighted by molar-refractivity contribution is 5.74. The van der Waals surface area contributed by atoms with Crippen LogP contribution in [0.25, 0.3) is 0 Å². The van der Waals surface area contributed by atoms with Gasteiger partial charge in [0.2, 0.25) is 5.95 Å². The van der Waals surface area contributed by atoms with Gasteiger partial charge in [-0.1, -0.05) is 0 Å². The first-order valence-corrected chi connectivity index (χ1v) is 8.95. The fraction of sp³-hybridized carbons (Fsp3) is 0.500. The molecule has 0 spiro atoms. The Balaban J connectivity index is 1.53. The van der Waals surface area contributed by atoms with E-state index in [0.717, 1.165) is 12.2 Å². The number of hydrogen-bond acceptors (Lipinski definition) is 6. The Morgan fingerprint density at radius 1 is 1.44 bits per heavy atom. The molecule has 2 aromatic heterocycles. The standard InChI is InChI=1S/C18H26N6O3/c1-22(2)17-20-13(9-16(25)21-17)11-23(3)14-6-7-24(12-14)18(26)19-10-15-5-4-8-27-15/h4-5,8-9,14H,6-7,10-12H2,1-3H3,(H,19,26)(H,20,21,25). The molecule has 146 valence electrons. The quantitative estimate of drug-likeness (QED) is 0.778. The first-order chi connectivity index (χ1) is 12.9. The van der Waals surface area contributed by atoms with Gasteiger partial charge in [-0.05, 0) is 25.6 Å². The Hall–Kier alpha value is -2.81. The van der Waals surface area contributed by atoms with Crippen LogP contribution in [0.1, 0.15) is 17.9 Å². The molecule has 0 saturated carbocycles. The summed E-state index contributed by atoms with van der Waals surface area (Å²) in [4.78, 5) is 37.0. The predicted molar refractivity (Wildman–Crippen MR) is 102 cm³/mol. The molecule has 0 bridgehead atoms. The molecular formula is C18H26N6O3. The Bertz CT molecular complexity index is 817. The molecule has 1 fully saturated rings. The average Bonchev–Trinajstić information content (AvgIpc) is 3.31. The second-order valence-electron chi connectivity index (χ2n) is 7.00. The van der Waals surface area contributed by atoms with Crippen molar-refractivity contribution >= 4 is 12.0 Å². The Morgan fingerprint density at radius 2 is 2.26 bits per heavy atom. The largest absolute Gasteiger partial charge is 0.467 e. The first-order valence-electron chi connectivity index (χ1n) is 8.95. The summed E-state index contributed by atoms with van der Waals surface area (Å²) < 4.78 is 5.23. The number of nitrogens with one attached hydrogen (secondary N) is 2. The number of H-pyrrole nitrogens is 1. The molecule has 3 heterocycles. The molecule has 2 aromatic rings. The molecule has 0 aromatic carbocycles. The van der Waals surface area contributed by atoms with Crippen LogP contribution in [0.2, 0.25) is 0 Å². The summed E-state index contributed by atoms with van der Waals surface area (Å²) in [6.07, 6.45) is 2.47. The summed E-state index contributed by atoms with van der Waals surface area (Å²) in [6, 6.07) is 5.28. The van der Waals surface area contributed by atoms with Gasteiger partial charge < -0.3 is 19.5 Å². The van der Waals surface area contributed by atoms with Gasteiger partial charge in [-0.25, -0.2) is 9.78 Å². The predicted octanol–water partition coefficient (Wildman–Crippen LogP) is 0.845. The van der Waals surface area contributed by atoms with Crippen LogP contribution in [-0.4, -0.2) is 66.1 Å². The number of anilines is 1. The van der Waals surface area contributed by atoms with E-state index in [2.05, 4.69) is 20.2 Å². The molecule has 0 aliphatic carbocycles. The van der Waals surface area contributed by atoms with Gasteiger partial charge in [-0.3, -0.25) is 14.7 Å². The number of rotatable bonds is 6. The lowest BCUT2D eigenvalue weighted by Crippen LogP contribution is -2.41. The number of likely N-dealkylation sites (tertiary alicyclic amines) is 1. The highest BCUT2D eigenvalue weighted by Crippen LogP contribution is 2.16. The average molecular weight is 374 g/mol. The minimum atomic E-state index is -0.164. The van der Waals surface area contributed by atoms with Gasteiger partial charge in [0.15, 0.2) is 0 Å². The number of aromatic amines is 1. The topological polar surface area (TPSA) is 97.7 Å². The number of urea groups is 1. The highest BCUT2D eigenvalue weighted by atomic mass is 16.3. The van der Waals surface area contributed by atoms with Crippen molar-refractivity contribution in [3.8, 4) is 0 Å². The van der Waals surface area contributed by atoms with Gasteiger partial charge in [0.25, 0.3) is 5.56 Å². The van der Waals surface area contributed by atoms with E-state index in [4.69, 9.17) is 4.42 Å². The number of furan rings is 1. The van der Waals surface area contributed by atoms with Crippen LogP contribution in [0.4, 0.5) is 10.7 Å². The zero-order chi connectivity index (χ0) is 19.4. The number of likely N-dealkylation sites (N-methyl/N-ethyl adjacent to an activating group) is 1. The van der Waals surface area contributed by atoms with E-state index < -0.39 is 0 Å². The van der Waals surface area contributed by atoms with Crippen LogP contribution in [0.3, 0.4) is 0 Å². The monoisotopic (exact) mass is 374 g/mol. The third-order valence-corrected chi connectivity index (χ3v) is 4.69. The smallest absolute Gasteiger partial charge is 0.317 e. The number of carbonyl (C=O) groups excluding carboxylic acids is 1. The van der Waals surface area contributed by atoms with Crippen molar-refractivity contribution in [2.45, 2.75) is 25.6 Å². The lowest BCUT2D eigenvalue weighted by atomic mass is 10.2. The minimum Gasteiger partial charge on any atom is -0.467 e. The maximum absolute atomic E-state index is 12.3. The van der Waals surface area contributed by atoms with Crippen LogP contribution in [0, 0.1) is 0 Å². The molecule has 1 unspecified atom stereocenters. The van der Waals surface area contributed by atoms with Crippen LogP contribution in [0.5, 0.6) is 0 Å². The van der Waals surface area contributed by atoms with E-state index in [9.17, 15) is 9.59 Å². The van der Waals surface area contributed by atoms with Crippen LogP contribution in [0.15, 0.2) is 33.7 Å². The van der Waals surface area contributed by atoms with Crippen molar-refractivity contribution in [3.05, 3.63) is 46.3 Å². The van der Waals surface area contributed by atoms with Crippen molar-refractivity contribution in [2.24, 2.45) is 0 Å².